The van der Waals surface area contributed by atoms with Crippen molar-refractivity contribution in [1.82, 2.24) is 4.98 Å². The first-order valence-corrected chi connectivity index (χ1v) is 7.57. The smallest absolute Gasteiger partial charge is 0.237 e. The van der Waals surface area contributed by atoms with E-state index in [1.807, 2.05) is 12.1 Å². The molecular weight excluding hydrogens is 343 g/mol. The molecule has 0 spiro atoms. The van der Waals surface area contributed by atoms with Gasteiger partial charge in [-0.05, 0) is 53.2 Å². The Morgan fingerprint density at radius 2 is 2.20 bits per heavy atom. The molecule has 0 bridgehead atoms. The predicted octanol–water partition coefficient (Wildman–Crippen LogP) is 4.10. The second-order valence-electron chi connectivity index (χ2n) is 4.05. The molecule has 6 heteroatoms. The van der Waals surface area contributed by atoms with Gasteiger partial charge in [0, 0.05) is 16.4 Å². The van der Waals surface area contributed by atoms with Gasteiger partial charge in [0.15, 0.2) is 0 Å². The number of carbonyl (C=O) groups excluding carboxylic acids is 1. The third-order valence-electron chi connectivity index (χ3n) is 2.47. The Morgan fingerprint density at radius 3 is 2.90 bits per heavy atom. The SMILES string of the molecule is CC(Sc1ncccc1Br)C(=O)Nc1cccc(F)c1. The van der Waals surface area contributed by atoms with Crippen molar-refractivity contribution >= 4 is 39.3 Å². The minimum Gasteiger partial charge on any atom is -0.325 e. The minimum atomic E-state index is -0.379. The Kier molecular flexibility index (Phi) is 5.14. The number of hydrogen-bond acceptors (Lipinski definition) is 3. The molecule has 1 N–H and O–H groups in total. The lowest BCUT2D eigenvalue weighted by molar-refractivity contribution is -0.115. The lowest BCUT2D eigenvalue weighted by Gasteiger charge is -2.12. The maximum absolute atomic E-state index is 13.0. The fourth-order valence-electron chi connectivity index (χ4n) is 1.49. The van der Waals surface area contributed by atoms with Crippen LogP contribution < -0.4 is 5.32 Å². The zero-order chi connectivity index (χ0) is 14.5. The van der Waals surface area contributed by atoms with Crippen molar-refractivity contribution in [1.29, 1.82) is 0 Å². The molecule has 2 rings (SSSR count). The van der Waals surface area contributed by atoms with Crippen LogP contribution in [0.25, 0.3) is 0 Å². The number of amides is 1. The van der Waals surface area contributed by atoms with Gasteiger partial charge in [-0.3, -0.25) is 4.79 Å². The molecule has 1 heterocycles. The van der Waals surface area contributed by atoms with Crippen LogP contribution in [0.3, 0.4) is 0 Å². The highest BCUT2D eigenvalue weighted by Crippen LogP contribution is 2.28. The standard InChI is InChI=1S/C14H12BrFN2OS/c1-9(20-14-12(15)6-3-7-17-14)13(19)18-11-5-2-4-10(16)8-11/h2-9H,1H3,(H,18,19). The first kappa shape index (κ1) is 15.0. The molecule has 0 saturated heterocycles. The van der Waals surface area contributed by atoms with Crippen molar-refractivity contribution in [3.05, 3.63) is 52.9 Å². The minimum absolute atomic E-state index is 0.196. The number of nitrogens with one attached hydrogen (secondary N) is 1. The van der Waals surface area contributed by atoms with Crippen LogP contribution in [0.5, 0.6) is 0 Å². The molecule has 1 aromatic heterocycles. The van der Waals surface area contributed by atoms with Crippen LogP contribution in [0.2, 0.25) is 0 Å². The highest BCUT2D eigenvalue weighted by Gasteiger charge is 2.16. The molecule has 1 aromatic carbocycles. The molecule has 0 aliphatic carbocycles. The summed E-state index contributed by atoms with van der Waals surface area (Å²) in [5.74, 6) is -0.575. The van der Waals surface area contributed by atoms with Gasteiger partial charge in [-0.15, -0.1) is 0 Å². The monoisotopic (exact) mass is 354 g/mol. The van der Waals surface area contributed by atoms with E-state index in [4.69, 9.17) is 0 Å². The van der Waals surface area contributed by atoms with Gasteiger partial charge in [0.2, 0.25) is 5.91 Å². The van der Waals surface area contributed by atoms with Gasteiger partial charge in [0.25, 0.3) is 0 Å². The van der Waals surface area contributed by atoms with Crippen molar-refractivity contribution < 1.29 is 9.18 Å². The molecule has 0 aliphatic heterocycles. The number of hydrogen-bond donors (Lipinski definition) is 1. The van der Waals surface area contributed by atoms with Gasteiger partial charge >= 0.3 is 0 Å². The molecule has 1 atom stereocenters. The number of carbonyl (C=O) groups is 1. The Hall–Kier alpha value is -1.40. The first-order chi connectivity index (χ1) is 9.56. The van der Waals surface area contributed by atoms with Crippen LogP contribution in [-0.4, -0.2) is 16.1 Å². The quantitative estimate of drug-likeness (QED) is 0.840. The number of aromatic nitrogens is 1. The molecule has 3 nitrogen and oxygen atoms in total. The summed E-state index contributed by atoms with van der Waals surface area (Å²) in [6.45, 7) is 1.78. The van der Waals surface area contributed by atoms with E-state index in [0.717, 1.165) is 9.50 Å². The summed E-state index contributed by atoms with van der Waals surface area (Å²) in [6.07, 6.45) is 1.67. The number of halogens is 2. The number of thioether (sulfide) groups is 1. The van der Waals surface area contributed by atoms with Crippen molar-refractivity contribution in [2.75, 3.05) is 5.32 Å². The summed E-state index contributed by atoms with van der Waals surface area (Å²) in [5.41, 5.74) is 0.447. The number of rotatable bonds is 4. The average Bonchev–Trinajstić information content (AvgIpc) is 2.41. The zero-order valence-electron chi connectivity index (χ0n) is 10.6. The number of nitrogens with zero attached hydrogens (tertiary/aromatic N) is 1. The molecule has 0 aliphatic rings. The zero-order valence-corrected chi connectivity index (χ0v) is 13.0. The van der Waals surface area contributed by atoms with Crippen molar-refractivity contribution in [3.8, 4) is 0 Å². The van der Waals surface area contributed by atoms with Crippen LogP contribution in [0.1, 0.15) is 6.92 Å². The Balaban J connectivity index is 2.01. The molecule has 0 radical (unpaired) electrons. The van der Waals surface area contributed by atoms with Crippen LogP contribution in [-0.2, 0) is 4.79 Å². The Bertz CT molecular complexity index is 624. The summed E-state index contributed by atoms with van der Waals surface area (Å²) in [5, 5.41) is 3.08. The molecule has 1 amide bonds. The predicted molar refractivity (Wildman–Crippen MR) is 82.3 cm³/mol. The highest BCUT2D eigenvalue weighted by atomic mass is 79.9. The van der Waals surface area contributed by atoms with Gasteiger partial charge in [-0.25, -0.2) is 9.37 Å². The summed E-state index contributed by atoms with van der Waals surface area (Å²) in [6, 6.07) is 9.50. The topological polar surface area (TPSA) is 42.0 Å². The second-order valence-corrected chi connectivity index (χ2v) is 6.23. The van der Waals surface area contributed by atoms with Crippen molar-refractivity contribution in [2.45, 2.75) is 17.2 Å². The fourth-order valence-corrected chi connectivity index (χ4v) is 2.83. The van der Waals surface area contributed by atoms with Crippen molar-refractivity contribution in [3.63, 3.8) is 0 Å². The first-order valence-electron chi connectivity index (χ1n) is 5.90. The molecule has 0 saturated carbocycles. The van der Waals surface area contributed by atoms with Crippen LogP contribution >= 0.6 is 27.7 Å². The summed E-state index contributed by atoms with van der Waals surface area (Å²) in [7, 11) is 0. The van der Waals surface area contributed by atoms with Gasteiger partial charge in [0.05, 0.1) is 5.25 Å². The van der Waals surface area contributed by atoms with E-state index in [-0.39, 0.29) is 17.0 Å². The van der Waals surface area contributed by atoms with E-state index in [9.17, 15) is 9.18 Å². The highest BCUT2D eigenvalue weighted by molar-refractivity contribution is 9.10. The normalized spacial score (nSPS) is 11.9. The average molecular weight is 355 g/mol. The lowest BCUT2D eigenvalue weighted by atomic mass is 10.3. The maximum Gasteiger partial charge on any atom is 0.237 e. The van der Waals surface area contributed by atoms with E-state index in [0.29, 0.717) is 5.69 Å². The van der Waals surface area contributed by atoms with Gasteiger partial charge in [0.1, 0.15) is 10.8 Å². The van der Waals surface area contributed by atoms with Gasteiger partial charge in [-0.1, -0.05) is 17.8 Å². The van der Waals surface area contributed by atoms with Crippen LogP contribution in [0.4, 0.5) is 10.1 Å². The number of anilines is 1. The van der Waals surface area contributed by atoms with Gasteiger partial charge in [-0.2, -0.15) is 0 Å². The molecular formula is C14H12BrFN2OS. The lowest BCUT2D eigenvalue weighted by Crippen LogP contribution is -2.22. The largest absolute Gasteiger partial charge is 0.325 e. The van der Waals surface area contributed by atoms with Gasteiger partial charge < -0.3 is 5.32 Å². The maximum atomic E-state index is 13.0. The van der Waals surface area contributed by atoms with E-state index >= 15 is 0 Å². The fraction of sp³-hybridized carbons (Fsp3) is 0.143. The van der Waals surface area contributed by atoms with Crippen molar-refractivity contribution in [2.24, 2.45) is 0 Å². The van der Waals surface area contributed by atoms with E-state index in [1.165, 1.54) is 23.9 Å². The van der Waals surface area contributed by atoms with E-state index in [1.54, 1.807) is 25.3 Å². The summed E-state index contributed by atoms with van der Waals surface area (Å²) < 4.78 is 13.9. The molecule has 1 unspecified atom stereocenters. The number of benzene rings is 1. The molecule has 20 heavy (non-hydrogen) atoms. The summed E-state index contributed by atoms with van der Waals surface area (Å²) in [4.78, 5) is 16.2. The van der Waals surface area contributed by atoms with E-state index < -0.39 is 0 Å². The Labute approximate surface area is 129 Å². The third kappa shape index (κ3) is 4.05. The van der Waals surface area contributed by atoms with Crippen LogP contribution in [0.15, 0.2) is 52.1 Å². The summed E-state index contributed by atoms with van der Waals surface area (Å²) >= 11 is 4.72. The van der Waals surface area contributed by atoms with Crippen LogP contribution in [0, 0.1) is 5.82 Å². The second kappa shape index (κ2) is 6.85. The molecule has 0 fully saturated rings. The van der Waals surface area contributed by atoms with E-state index in [2.05, 4.69) is 26.2 Å². The molecule has 104 valence electrons. The number of pyridine rings is 1. The third-order valence-corrected chi connectivity index (χ3v) is 4.49. The Morgan fingerprint density at radius 1 is 1.40 bits per heavy atom. The molecule has 2 aromatic rings.